The predicted molar refractivity (Wildman–Crippen MR) is 114 cm³/mol. The third-order valence-corrected chi connectivity index (χ3v) is 7.20. The van der Waals surface area contributed by atoms with Gasteiger partial charge in [0.15, 0.2) is 0 Å². The van der Waals surface area contributed by atoms with Crippen molar-refractivity contribution >= 4 is 21.6 Å². The number of carbonyl (C=O) groups is 1. The Labute approximate surface area is 172 Å². The van der Waals surface area contributed by atoms with Crippen molar-refractivity contribution < 1.29 is 17.9 Å². The molecule has 0 atom stereocenters. The molecular weight excluding hydrogens is 388 g/mol. The molecule has 6 nitrogen and oxygen atoms in total. The SMILES string of the molecule is COc1ccc(N(CC(=O)NC2CCCC2)S(=O)(=O)c2cc(C)ccc2C)cc1. The molecule has 1 fully saturated rings. The summed E-state index contributed by atoms with van der Waals surface area (Å²) in [6.07, 6.45) is 4.07. The summed E-state index contributed by atoms with van der Waals surface area (Å²) in [5.74, 6) is 0.329. The molecule has 156 valence electrons. The molecular formula is C22H28N2O4S. The molecule has 0 bridgehead atoms. The van der Waals surface area contributed by atoms with Gasteiger partial charge in [-0.1, -0.05) is 25.0 Å². The van der Waals surface area contributed by atoms with Crippen molar-refractivity contribution in [1.82, 2.24) is 5.32 Å². The zero-order chi connectivity index (χ0) is 21.0. The Morgan fingerprint density at radius 3 is 2.38 bits per heavy atom. The second-order valence-corrected chi connectivity index (χ2v) is 9.36. The van der Waals surface area contributed by atoms with Crippen LogP contribution in [0.5, 0.6) is 5.75 Å². The van der Waals surface area contributed by atoms with Crippen LogP contribution >= 0.6 is 0 Å². The lowest BCUT2D eigenvalue weighted by molar-refractivity contribution is -0.120. The van der Waals surface area contributed by atoms with Gasteiger partial charge in [-0.3, -0.25) is 9.10 Å². The first-order chi connectivity index (χ1) is 13.8. The van der Waals surface area contributed by atoms with Crippen LogP contribution in [0.2, 0.25) is 0 Å². The van der Waals surface area contributed by atoms with Gasteiger partial charge in [0.1, 0.15) is 12.3 Å². The average Bonchev–Trinajstić information content (AvgIpc) is 3.21. The molecule has 0 spiro atoms. The number of sulfonamides is 1. The van der Waals surface area contributed by atoms with Crippen molar-refractivity contribution in [1.29, 1.82) is 0 Å². The number of nitrogens with one attached hydrogen (secondary N) is 1. The van der Waals surface area contributed by atoms with Gasteiger partial charge in [0.25, 0.3) is 10.0 Å². The lowest BCUT2D eigenvalue weighted by Crippen LogP contribution is -2.43. The van der Waals surface area contributed by atoms with E-state index in [-0.39, 0.29) is 23.4 Å². The highest BCUT2D eigenvalue weighted by Gasteiger charge is 2.29. The predicted octanol–water partition coefficient (Wildman–Crippen LogP) is 3.57. The summed E-state index contributed by atoms with van der Waals surface area (Å²) < 4.78 is 33.5. The number of benzene rings is 2. The van der Waals surface area contributed by atoms with Crippen LogP contribution in [-0.2, 0) is 14.8 Å². The van der Waals surface area contributed by atoms with E-state index in [2.05, 4.69) is 5.32 Å². The molecule has 2 aromatic carbocycles. The molecule has 1 aliphatic rings. The van der Waals surface area contributed by atoms with Crippen LogP contribution in [0.4, 0.5) is 5.69 Å². The number of hydrogen-bond donors (Lipinski definition) is 1. The van der Waals surface area contributed by atoms with Gasteiger partial charge in [-0.2, -0.15) is 0 Å². The molecule has 0 saturated heterocycles. The Morgan fingerprint density at radius 2 is 1.76 bits per heavy atom. The molecule has 29 heavy (non-hydrogen) atoms. The molecule has 3 rings (SSSR count). The first kappa shape index (κ1) is 21.2. The average molecular weight is 417 g/mol. The third kappa shape index (κ3) is 4.90. The minimum absolute atomic E-state index is 0.128. The molecule has 0 unspecified atom stereocenters. The van der Waals surface area contributed by atoms with Crippen molar-refractivity contribution in [2.24, 2.45) is 0 Å². The van der Waals surface area contributed by atoms with Crippen molar-refractivity contribution in [3.8, 4) is 5.75 Å². The van der Waals surface area contributed by atoms with Crippen LogP contribution in [0, 0.1) is 13.8 Å². The fourth-order valence-electron chi connectivity index (χ4n) is 3.64. The quantitative estimate of drug-likeness (QED) is 0.749. The maximum atomic E-state index is 13.5. The van der Waals surface area contributed by atoms with Gasteiger partial charge in [0.05, 0.1) is 17.7 Å². The molecule has 0 radical (unpaired) electrons. The summed E-state index contributed by atoms with van der Waals surface area (Å²) >= 11 is 0. The van der Waals surface area contributed by atoms with E-state index >= 15 is 0 Å². The molecule has 1 N–H and O–H groups in total. The largest absolute Gasteiger partial charge is 0.497 e. The standard InChI is InChI=1S/C22H28N2O4S/c1-16-8-9-17(2)21(14-16)29(26,27)24(19-10-12-20(28-3)13-11-19)15-22(25)23-18-6-4-5-7-18/h8-14,18H,4-7,15H2,1-3H3,(H,23,25). The number of nitrogens with zero attached hydrogens (tertiary/aromatic N) is 1. The number of carbonyl (C=O) groups excluding carboxylic acids is 1. The first-order valence-electron chi connectivity index (χ1n) is 9.84. The van der Waals surface area contributed by atoms with E-state index in [1.807, 2.05) is 13.0 Å². The van der Waals surface area contributed by atoms with Crippen LogP contribution in [0.1, 0.15) is 36.8 Å². The fourth-order valence-corrected chi connectivity index (χ4v) is 5.38. The van der Waals surface area contributed by atoms with Gasteiger partial charge >= 0.3 is 0 Å². The highest BCUT2D eigenvalue weighted by Crippen LogP contribution is 2.28. The molecule has 1 aliphatic carbocycles. The maximum absolute atomic E-state index is 13.5. The van der Waals surface area contributed by atoms with E-state index in [0.29, 0.717) is 17.0 Å². The lowest BCUT2D eigenvalue weighted by atomic mass is 10.2. The fraction of sp³-hybridized carbons (Fsp3) is 0.409. The lowest BCUT2D eigenvalue weighted by Gasteiger charge is -2.26. The van der Waals surface area contributed by atoms with Crippen LogP contribution in [0.15, 0.2) is 47.4 Å². The molecule has 1 saturated carbocycles. The Morgan fingerprint density at radius 1 is 1.10 bits per heavy atom. The van der Waals surface area contributed by atoms with Gasteiger partial charge in [-0.25, -0.2) is 8.42 Å². The van der Waals surface area contributed by atoms with E-state index in [0.717, 1.165) is 31.2 Å². The molecule has 0 heterocycles. The molecule has 1 amide bonds. The molecule has 0 aromatic heterocycles. The molecule has 7 heteroatoms. The Hall–Kier alpha value is -2.54. The van der Waals surface area contributed by atoms with Gasteiger partial charge in [-0.05, 0) is 68.1 Å². The van der Waals surface area contributed by atoms with Crippen molar-refractivity contribution in [2.45, 2.75) is 50.5 Å². The summed E-state index contributed by atoms with van der Waals surface area (Å²) in [5.41, 5.74) is 1.91. The maximum Gasteiger partial charge on any atom is 0.265 e. The minimum atomic E-state index is -3.92. The van der Waals surface area contributed by atoms with Crippen LogP contribution in [-0.4, -0.2) is 34.0 Å². The van der Waals surface area contributed by atoms with Crippen molar-refractivity contribution in [2.75, 3.05) is 18.0 Å². The number of rotatable bonds is 7. The third-order valence-electron chi connectivity index (χ3n) is 5.28. The second kappa shape index (κ2) is 8.86. The number of ether oxygens (including phenoxy) is 1. The Balaban J connectivity index is 1.96. The van der Waals surface area contributed by atoms with E-state index in [4.69, 9.17) is 4.74 Å². The number of aryl methyl sites for hydroxylation is 2. The topological polar surface area (TPSA) is 75.7 Å². The van der Waals surface area contributed by atoms with Crippen LogP contribution < -0.4 is 14.4 Å². The number of methoxy groups -OCH3 is 1. The van der Waals surface area contributed by atoms with Gasteiger partial charge in [-0.15, -0.1) is 0 Å². The minimum Gasteiger partial charge on any atom is -0.497 e. The van der Waals surface area contributed by atoms with Gasteiger partial charge < -0.3 is 10.1 Å². The summed E-state index contributed by atoms with van der Waals surface area (Å²) in [5, 5.41) is 2.98. The molecule has 2 aromatic rings. The van der Waals surface area contributed by atoms with E-state index in [1.165, 1.54) is 4.31 Å². The zero-order valence-corrected chi connectivity index (χ0v) is 18.0. The van der Waals surface area contributed by atoms with Crippen LogP contribution in [0.3, 0.4) is 0 Å². The van der Waals surface area contributed by atoms with Gasteiger partial charge in [0, 0.05) is 6.04 Å². The Bertz CT molecular complexity index is 965. The van der Waals surface area contributed by atoms with Gasteiger partial charge in [0.2, 0.25) is 5.91 Å². The summed E-state index contributed by atoms with van der Waals surface area (Å²) in [6.45, 7) is 3.35. The summed E-state index contributed by atoms with van der Waals surface area (Å²) in [7, 11) is -2.37. The zero-order valence-electron chi connectivity index (χ0n) is 17.1. The monoisotopic (exact) mass is 416 g/mol. The number of hydrogen-bond acceptors (Lipinski definition) is 4. The van der Waals surface area contributed by atoms with E-state index < -0.39 is 10.0 Å². The molecule has 0 aliphatic heterocycles. The highest BCUT2D eigenvalue weighted by molar-refractivity contribution is 7.93. The second-order valence-electron chi connectivity index (χ2n) is 7.53. The first-order valence-corrected chi connectivity index (χ1v) is 11.3. The van der Waals surface area contributed by atoms with Crippen molar-refractivity contribution in [3.05, 3.63) is 53.6 Å². The van der Waals surface area contributed by atoms with Crippen molar-refractivity contribution in [3.63, 3.8) is 0 Å². The van der Waals surface area contributed by atoms with E-state index in [1.54, 1.807) is 50.4 Å². The normalized spacial score (nSPS) is 14.6. The Kier molecular flexibility index (Phi) is 6.47. The number of amides is 1. The van der Waals surface area contributed by atoms with E-state index in [9.17, 15) is 13.2 Å². The summed E-state index contributed by atoms with van der Waals surface area (Å²) in [6, 6.07) is 12.1. The summed E-state index contributed by atoms with van der Waals surface area (Å²) in [4.78, 5) is 12.9. The van der Waals surface area contributed by atoms with Crippen LogP contribution in [0.25, 0.3) is 0 Å². The number of anilines is 1. The highest BCUT2D eigenvalue weighted by atomic mass is 32.2. The smallest absolute Gasteiger partial charge is 0.265 e.